The third-order valence-electron chi connectivity index (χ3n) is 6.42. The van der Waals surface area contributed by atoms with E-state index in [-0.39, 0.29) is 12.1 Å². The molecule has 34 heavy (non-hydrogen) atoms. The normalized spacial score (nSPS) is 18.3. The number of anilines is 1. The van der Waals surface area contributed by atoms with Crippen LogP contribution in [-0.2, 0) is 0 Å². The average Bonchev–Trinajstić information content (AvgIpc) is 3.35. The number of nitrogens with zero attached hydrogens (tertiary/aromatic N) is 3. The van der Waals surface area contributed by atoms with Gasteiger partial charge in [-0.15, -0.1) is 11.8 Å². The lowest BCUT2D eigenvalue weighted by molar-refractivity contribution is 0.223. The number of fused-ring (bicyclic) bond motifs is 3. The van der Waals surface area contributed by atoms with Gasteiger partial charge in [0.2, 0.25) is 5.95 Å². The van der Waals surface area contributed by atoms with Crippen molar-refractivity contribution in [2.24, 2.45) is 0 Å². The molecule has 3 aromatic carbocycles. The van der Waals surface area contributed by atoms with E-state index in [1.807, 2.05) is 16.8 Å². The van der Waals surface area contributed by atoms with Crippen LogP contribution < -0.4 is 14.8 Å². The molecule has 170 valence electrons. The van der Waals surface area contributed by atoms with E-state index in [0.717, 1.165) is 39.5 Å². The summed E-state index contributed by atoms with van der Waals surface area (Å²) in [4.78, 5) is 5.73. The van der Waals surface area contributed by atoms with Gasteiger partial charge in [0.1, 0.15) is 30.0 Å². The van der Waals surface area contributed by atoms with E-state index in [1.165, 1.54) is 10.5 Å². The third kappa shape index (κ3) is 3.35. The molecule has 0 saturated heterocycles. The lowest BCUT2D eigenvalue weighted by atomic mass is 9.84. The number of rotatable bonds is 4. The molecule has 4 aromatic rings. The van der Waals surface area contributed by atoms with E-state index in [0.29, 0.717) is 5.95 Å². The maximum absolute atomic E-state index is 6.71. The van der Waals surface area contributed by atoms with Gasteiger partial charge in [-0.2, -0.15) is 10.1 Å². The van der Waals surface area contributed by atoms with Gasteiger partial charge >= 0.3 is 0 Å². The van der Waals surface area contributed by atoms with Gasteiger partial charge in [-0.3, -0.25) is 0 Å². The number of methoxy groups -OCH3 is 1. The topological polar surface area (TPSA) is 61.2 Å². The van der Waals surface area contributed by atoms with E-state index in [4.69, 9.17) is 9.47 Å². The lowest BCUT2D eigenvalue weighted by Gasteiger charge is -2.39. The molecule has 0 aliphatic carbocycles. The number of thioether (sulfide) groups is 1. The molecular weight excluding hydrogens is 444 g/mol. The highest BCUT2D eigenvalue weighted by Crippen LogP contribution is 2.50. The summed E-state index contributed by atoms with van der Waals surface area (Å²) in [6.45, 7) is 2.10. The van der Waals surface area contributed by atoms with Gasteiger partial charge in [0, 0.05) is 16.0 Å². The maximum Gasteiger partial charge on any atom is 0.226 e. The molecule has 0 unspecified atom stereocenters. The summed E-state index contributed by atoms with van der Waals surface area (Å²) in [5, 5.41) is 8.16. The number of aryl methyl sites for hydroxylation is 1. The molecule has 0 saturated carbocycles. The van der Waals surface area contributed by atoms with Crippen LogP contribution in [0.25, 0.3) is 5.70 Å². The van der Waals surface area contributed by atoms with Crippen LogP contribution in [0, 0.1) is 6.92 Å². The highest BCUT2D eigenvalue weighted by molar-refractivity contribution is 7.98. The molecule has 6 rings (SSSR count). The Labute approximate surface area is 202 Å². The van der Waals surface area contributed by atoms with Gasteiger partial charge in [0.05, 0.1) is 12.8 Å². The van der Waals surface area contributed by atoms with Crippen molar-refractivity contribution >= 4 is 23.4 Å². The predicted molar refractivity (Wildman–Crippen MR) is 134 cm³/mol. The highest BCUT2D eigenvalue weighted by atomic mass is 32.2. The van der Waals surface area contributed by atoms with E-state index < -0.39 is 0 Å². The van der Waals surface area contributed by atoms with Crippen molar-refractivity contribution in [1.82, 2.24) is 14.8 Å². The number of hydrogen-bond acceptors (Lipinski definition) is 6. The highest BCUT2D eigenvalue weighted by Gasteiger charge is 2.41. The van der Waals surface area contributed by atoms with Gasteiger partial charge < -0.3 is 14.8 Å². The standard InChI is InChI=1S/C27H24N4O2S/c1-16-4-13-22-21(14-16)24-23(26(33-22)18-7-11-20(34-3)12-8-18)25(31-27(30-24)28-15-29-31)17-5-9-19(32-2)10-6-17/h4-15,25-26H,1-3H3,(H,28,29,30)/t25-,26-/m1/s1. The average molecular weight is 469 g/mol. The van der Waals surface area contributed by atoms with Crippen molar-refractivity contribution in [2.45, 2.75) is 24.0 Å². The van der Waals surface area contributed by atoms with Crippen LogP contribution in [-0.4, -0.2) is 28.1 Å². The van der Waals surface area contributed by atoms with Crippen LogP contribution >= 0.6 is 11.8 Å². The molecule has 6 nitrogen and oxygen atoms in total. The Hall–Kier alpha value is -3.71. The van der Waals surface area contributed by atoms with E-state index in [1.54, 1.807) is 25.2 Å². The predicted octanol–water partition coefficient (Wildman–Crippen LogP) is 5.88. The summed E-state index contributed by atoms with van der Waals surface area (Å²) < 4.78 is 14.1. The molecule has 2 atom stereocenters. The van der Waals surface area contributed by atoms with Crippen LogP contribution in [0.5, 0.6) is 11.5 Å². The Morgan fingerprint density at radius 2 is 1.76 bits per heavy atom. The SMILES string of the molecule is COc1ccc([C@@H]2C3=C(Nc4ncnn42)c2cc(C)ccc2O[C@@H]3c2ccc(SC)cc2)cc1. The van der Waals surface area contributed by atoms with Gasteiger partial charge in [-0.25, -0.2) is 4.68 Å². The molecule has 3 heterocycles. The molecular formula is C27H24N4O2S. The minimum atomic E-state index is -0.280. The summed E-state index contributed by atoms with van der Waals surface area (Å²) >= 11 is 1.73. The molecule has 7 heteroatoms. The van der Waals surface area contributed by atoms with Crippen LogP contribution in [0.2, 0.25) is 0 Å². The third-order valence-corrected chi connectivity index (χ3v) is 7.16. The fourth-order valence-electron chi connectivity index (χ4n) is 4.74. The summed E-state index contributed by atoms with van der Waals surface area (Å²) in [5.41, 5.74) is 6.54. The molecule has 0 spiro atoms. The summed E-state index contributed by atoms with van der Waals surface area (Å²) in [5.74, 6) is 2.39. The van der Waals surface area contributed by atoms with Crippen molar-refractivity contribution in [1.29, 1.82) is 0 Å². The van der Waals surface area contributed by atoms with Gasteiger partial charge in [-0.1, -0.05) is 35.9 Å². The quantitative estimate of drug-likeness (QED) is 0.378. The van der Waals surface area contributed by atoms with Gasteiger partial charge in [0.25, 0.3) is 0 Å². The Morgan fingerprint density at radius 1 is 1.00 bits per heavy atom. The number of ether oxygens (including phenoxy) is 2. The largest absolute Gasteiger partial charge is 0.497 e. The zero-order valence-corrected chi connectivity index (χ0v) is 20.0. The molecule has 1 aromatic heterocycles. The van der Waals surface area contributed by atoms with Crippen LogP contribution in [0.15, 0.2) is 83.5 Å². The smallest absolute Gasteiger partial charge is 0.226 e. The molecule has 0 amide bonds. The van der Waals surface area contributed by atoms with Crippen LogP contribution in [0.1, 0.15) is 34.4 Å². The van der Waals surface area contributed by atoms with Crippen LogP contribution in [0.3, 0.4) is 0 Å². The number of hydrogen-bond donors (Lipinski definition) is 1. The minimum Gasteiger partial charge on any atom is -0.497 e. The minimum absolute atomic E-state index is 0.182. The first kappa shape index (κ1) is 20.9. The Bertz CT molecular complexity index is 1390. The zero-order valence-electron chi connectivity index (χ0n) is 19.1. The number of benzene rings is 3. The number of nitrogens with one attached hydrogen (secondary N) is 1. The molecule has 0 fully saturated rings. The van der Waals surface area contributed by atoms with Crippen molar-refractivity contribution in [2.75, 3.05) is 18.7 Å². The summed E-state index contributed by atoms with van der Waals surface area (Å²) in [7, 11) is 1.68. The summed E-state index contributed by atoms with van der Waals surface area (Å²) in [6.07, 6.45) is 3.40. The lowest BCUT2D eigenvalue weighted by Crippen LogP contribution is -2.32. The Balaban J connectivity index is 1.59. The van der Waals surface area contributed by atoms with E-state index in [9.17, 15) is 0 Å². The van der Waals surface area contributed by atoms with Crippen molar-refractivity contribution in [3.8, 4) is 11.5 Å². The van der Waals surface area contributed by atoms with Gasteiger partial charge in [-0.05, 0) is 60.7 Å². The van der Waals surface area contributed by atoms with Crippen molar-refractivity contribution in [3.05, 3.63) is 101 Å². The second kappa shape index (κ2) is 8.25. The fourth-order valence-corrected chi connectivity index (χ4v) is 5.15. The van der Waals surface area contributed by atoms with Crippen molar-refractivity contribution < 1.29 is 9.47 Å². The Morgan fingerprint density at radius 3 is 2.50 bits per heavy atom. The van der Waals surface area contributed by atoms with Crippen LogP contribution in [0.4, 0.5) is 5.95 Å². The van der Waals surface area contributed by atoms with Crippen molar-refractivity contribution in [3.63, 3.8) is 0 Å². The first-order valence-corrected chi connectivity index (χ1v) is 12.3. The molecule has 0 radical (unpaired) electrons. The molecule has 0 bridgehead atoms. The zero-order chi connectivity index (χ0) is 23.2. The van der Waals surface area contributed by atoms with Gasteiger partial charge in [0.15, 0.2) is 0 Å². The maximum atomic E-state index is 6.71. The summed E-state index contributed by atoms with van der Waals surface area (Å²) in [6, 6.07) is 22.9. The first-order chi connectivity index (χ1) is 16.7. The molecule has 1 N–H and O–H groups in total. The monoisotopic (exact) mass is 468 g/mol. The number of aromatic nitrogens is 3. The second-order valence-corrected chi connectivity index (χ2v) is 9.31. The Kier molecular flexibility index (Phi) is 5.07. The fraction of sp³-hybridized carbons (Fsp3) is 0.185. The van der Waals surface area contributed by atoms with E-state index in [2.05, 4.69) is 83.2 Å². The molecule has 2 aliphatic heterocycles. The second-order valence-electron chi connectivity index (χ2n) is 8.43. The molecule has 2 aliphatic rings. The van der Waals surface area contributed by atoms with E-state index >= 15 is 0 Å². The first-order valence-electron chi connectivity index (χ1n) is 11.1.